The Bertz CT molecular complexity index is 465. The van der Waals surface area contributed by atoms with Crippen molar-refractivity contribution in [2.24, 2.45) is 5.41 Å². The van der Waals surface area contributed by atoms with Crippen molar-refractivity contribution in [1.82, 2.24) is 5.32 Å². The Hall–Kier alpha value is -0.860. The highest BCUT2D eigenvalue weighted by molar-refractivity contribution is 5.36. The van der Waals surface area contributed by atoms with E-state index >= 15 is 0 Å². The predicted octanol–water partition coefficient (Wildman–Crippen LogP) is 3.86. The molecule has 3 rings (SSSR count). The molecular weight excluding hydrogens is 258 g/mol. The monoisotopic (exact) mass is 287 g/mol. The maximum absolute atomic E-state index is 5.15. The van der Waals surface area contributed by atoms with Gasteiger partial charge in [0, 0.05) is 25.6 Å². The van der Waals surface area contributed by atoms with E-state index < -0.39 is 0 Å². The molecule has 0 atom stereocenters. The number of hydrogen-bond acceptors (Lipinski definition) is 2. The zero-order valence-electron chi connectivity index (χ0n) is 13.7. The van der Waals surface area contributed by atoms with Crippen LogP contribution < -0.4 is 5.32 Å². The largest absolute Gasteiger partial charge is 0.383 e. The first-order valence-corrected chi connectivity index (χ1v) is 8.39. The van der Waals surface area contributed by atoms with Crippen LogP contribution in [0, 0.1) is 5.41 Å². The van der Waals surface area contributed by atoms with Crippen molar-refractivity contribution in [2.75, 3.05) is 26.8 Å². The average molecular weight is 287 g/mol. The molecule has 0 bridgehead atoms. The highest BCUT2D eigenvalue weighted by atomic mass is 16.5. The highest BCUT2D eigenvalue weighted by Gasteiger charge is 2.60. The normalized spacial score (nSPS) is 21.5. The van der Waals surface area contributed by atoms with E-state index in [2.05, 4.69) is 43.4 Å². The summed E-state index contributed by atoms with van der Waals surface area (Å²) in [7, 11) is 1.77. The lowest BCUT2D eigenvalue weighted by Crippen LogP contribution is -2.50. The molecule has 0 radical (unpaired) electrons. The number of methoxy groups -OCH3 is 1. The molecule has 0 unspecified atom stereocenters. The smallest absolute Gasteiger partial charge is 0.0587 e. The molecule has 0 aromatic heterocycles. The molecule has 2 nitrogen and oxygen atoms in total. The van der Waals surface area contributed by atoms with Gasteiger partial charge < -0.3 is 10.1 Å². The third kappa shape index (κ3) is 3.02. The van der Waals surface area contributed by atoms with E-state index in [1.807, 2.05) is 0 Å². The van der Waals surface area contributed by atoms with E-state index in [0.29, 0.717) is 11.3 Å². The summed E-state index contributed by atoms with van der Waals surface area (Å²) in [5, 5.41) is 3.61. The summed E-state index contributed by atoms with van der Waals surface area (Å²) in [6.45, 7) is 7.38. The predicted molar refractivity (Wildman–Crippen MR) is 87.9 cm³/mol. The van der Waals surface area contributed by atoms with Crippen LogP contribution >= 0.6 is 0 Å². The second-order valence-electron chi connectivity index (χ2n) is 7.58. The molecule has 21 heavy (non-hydrogen) atoms. The molecule has 1 spiro atoms. The van der Waals surface area contributed by atoms with E-state index in [0.717, 1.165) is 25.1 Å². The summed E-state index contributed by atoms with van der Waals surface area (Å²) < 4.78 is 5.15. The van der Waals surface area contributed by atoms with Crippen LogP contribution in [0.2, 0.25) is 0 Å². The van der Waals surface area contributed by atoms with E-state index in [4.69, 9.17) is 4.74 Å². The van der Waals surface area contributed by atoms with Gasteiger partial charge in [-0.15, -0.1) is 0 Å². The minimum atomic E-state index is 0.375. The molecule has 0 saturated heterocycles. The molecule has 2 fully saturated rings. The summed E-state index contributed by atoms with van der Waals surface area (Å²) >= 11 is 0. The fourth-order valence-electron chi connectivity index (χ4n) is 4.07. The van der Waals surface area contributed by atoms with Crippen LogP contribution in [0.5, 0.6) is 0 Å². The first-order chi connectivity index (χ1) is 10.1. The van der Waals surface area contributed by atoms with Crippen molar-refractivity contribution in [1.29, 1.82) is 0 Å². The number of ether oxygens (including phenoxy) is 1. The van der Waals surface area contributed by atoms with Gasteiger partial charge in [0.05, 0.1) is 6.61 Å². The minimum absolute atomic E-state index is 0.375. The zero-order chi connectivity index (χ0) is 14.9. The lowest BCUT2D eigenvalue weighted by Gasteiger charge is -2.49. The van der Waals surface area contributed by atoms with Crippen LogP contribution in [-0.4, -0.2) is 26.8 Å². The zero-order valence-corrected chi connectivity index (χ0v) is 13.7. The highest BCUT2D eigenvalue weighted by Crippen LogP contribution is 2.68. The maximum atomic E-state index is 5.15. The molecule has 2 aliphatic rings. The Morgan fingerprint density at radius 2 is 1.81 bits per heavy atom. The van der Waals surface area contributed by atoms with Crippen molar-refractivity contribution in [3.05, 3.63) is 35.4 Å². The van der Waals surface area contributed by atoms with Crippen molar-refractivity contribution in [2.45, 2.75) is 50.9 Å². The van der Waals surface area contributed by atoms with Gasteiger partial charge in [0.25, 0.3) is 0 Å². The SMILES string of the molecule is COCCNCC1(c2ccc(C(C)C)cc2)CC2(CC2)C1. The number of benzene rings is 1. The van der Waals surface area contributed by atoms with Gasteiger partial charge in [0.2, 0.25) is 0 Å². The molecule has 1 aromatic rings. The third-order valence-electron chi connectivity index (χ3n) is 5.52. The summed E-state index contributed by atoms with van der Waals surface area (Å²) in [4.78, 5) is 0. The van der Waals surface area contributed by atoms with Gasteiger partial charge in [-0.3, -0.25) is 0 Å². The minimum Gasteiger partial charge on any atom is -0.383 e. The van der Waals surface area contributed by atoms with Gasteiger partial charge >= 0.3 is 0 Å². The van der Waals surface area contributed by atoms with Gasteiger partial charge in [0.15, 0.2) is 0 Å². The average Bonchev–Trinajstić information content (AvgIpc) is 3.23. The Morgan fingerprint density at radius 3 is 2.33 bits per heavy atom. The molecule has 1 aromatic carbocycles. The molecular formula is C19H29NO. The van der Waals surface area contributed by atoms with Crippen LogP contribution in [-0.2, 0) is 10.2 Å². The Morgan fingerprint density at radius 1 is 1.14 bits per heavy atom. The molecule has 0 heterocycles. The fourth-order valence-corrected chi connectivity index (χ4v) is 4.07. The number of nitrogens with one attached hydrogen (secondary N) is 1. The number of hydrogen-bond donors (Lipinski definition) is 1. The molecule has 1 N–H and O–H groups in total. The molecule has 116 valence electrons. The third-order valence-corrected chi connectivity index (χ3v) is 5.52. The standard InChI is InChI=1S/C19H29NO/c1-15(2)16-4-6-17(7-5-16)19(14-20-10-11-21-3)12-18(13-19)8-9-18/h4-7,15,20H,8-14H2,1-3H3. The van der Waals surface area contributed by atoms with E-state index in [1.165, 1.54) is 36.8 Å². The van der Waals surface area contributed by atoms with Gasteiger partial charge in [-0.2, -0.15) is 0 Å². The van der Waals surface area contributed by atoms with Crippen molar-refractivity contribution in [3.63, 3.8) is 0 Å². The maximum Gasteiger partial charge on any atom is 0.0587 e. The molecule has 2 heteroatoms. The van der Waals surface area contributed by atoms with Gasteiger partial charge in [-0.1, -0.05) is 38.1 Å². The lowest BCUT2D eigenvalue weighted by molar-refractivity contribution is 0.112. The summed E-state index contributed by atoms with van der Waals surface area (Å²) in [5.74, 6) is 0.617. The van der Waals surface area contributed by atoms with E-state index in [-0.39, 0.29) is 0 Å². The summed E-state index contributed by atoms with van der Waals surface area (Å²) in [5.41, 5.74) is 4.08. The molecule has 0 aliphatic heterocycles. The molecule has 2 saturated carbocycles. The molecule has 2 aliphatic carbocycles. The first-order valence-electron chi connectivity index (χ1n) is 8.39. The van der Waals surface area contributed by atoms with Crippen LogP contribution in [0.1, 0.15) is 56.6 Å². The van der Waals surface area contributed by atoms with Crippen LogP contribution in [0.3, 0.4) is 0 Å². The van der Waals surface area contributed by atoms with Crippen LogP contribution in [0.15, 0.2) is 24.3 Å². The van der Waals surface area contributed by atoms with Crippen molar-refractivity contribution >= 4 is 0 Å². The van der Waals surface area contributed by atoms with E-state index in [9.17, 15) is 0 Å². The van der Waals surface area contributed by atoms with Gasteiger partial charge in [0.1, 0.15) is 0 Å². The second kappa shape index (κ2) is 5.73. The summed E-state index contributed by atoms with van der Waals surface area (Å²) in [6, 6.07) is 9.41. The van der Waals surface area contributed by atoms with Crippen LogP contribution in [0.4, 0.5) is 0 Å². The van der Waals surface area contributed by atoms with Crippen LogP contribution in [0.25, 0.3) is 0 Å². The summed E-state index contributed by atoms with van der Waals surface area (Å²) in [6.07, 6.45) is 5.66. The Kier molecular flexibility index (Phi) is 4.11. The van der Waals surface area contributed by atoms with Crippen molar-refractivity contribution in [3.8, 4) is 0 Å². The molecule has 0 amide bonds. The second-order valence-corrected chi connectivity index (χ2v) is 7.58. The van der Waals surface area contributed by atoms with E-state index in [1.54, 1.807) is 7.11 Å². The topological polar surface area (TPSA) is 21.3 Å². The number of rotatable bonds is 7. The fraction of sp³-hybridized carbons (Fsp3) is 0.684. The quantitative estimate of drug-likeness (QED) is 0.769. The Labute approximate surface area is 129 Å². The van der Waals surface area contributed by atoms with Gasteiger partial charge in [-0.25, -0.2) is 0 Å². The first kappa shape index (κ1) is 15.1. The van der Waals surface area contributed by atoms with Crippen molar-refractivity contribution < 1.29 is 4.74 Å². The Balaban J connectivity index is 1.69. The van der Waals surface area contributed by atoms with Gasteiger partial charge in [-0.05, 0) is 48.1 Å². The lowest BCUT2D eigenvalue weighted by atomic mass is 9.56.